The zero-order chi connectivity index (χ0) is 21.4. The molecule has 2 fully saturated rings. The number of ketones is 2. The number of hydrogen-bond acceptors (Lipinski definition) is 4. The molecule has 2 aliphatic carbocycles. The van der Waals surface area contributed by atoms with Gasteiger partial charge in [-0.25, -0.2) is 0 Å². The summed E-state index contributed by atoms with van der Waals surface area (Å²) >= 11 is 1.89. The highest BCUT2D eigenvalue weighted by atomic mass is 32.2. The van der Waals surface area contributed by atoms with Crippen molar-refractivity contribution in [3.63, 3.8) is 0 Å². The van der Waals surface area contributed by atoms with E-state index in [9.17, 15) is 9.59 Å². The Kier molecular flexibility index (Phi) is 6.51. The predicted octanol–water partition coefficient (Wildman–Crippen LogP) is 5.23. The number of nitrogens with zero attached hydrogens (tertiary/aromatic N) is 1. The van der Waals surface area contributed by atoms with Gasteiger partial charge in [0.15, 0.2) is 0 Å². The highest BCUT2D eigenvalue weighted by molar-refractivity contribution is 7.98. The number of carbonyl (C=O) groups excluding carboxylic acids is 2. The molecule has 1 heterocycles. The standard InChI is InChI=1S/C25H35NO2S/c1-7-8-19-13-17(2)22(18(3)14-19)23-20(27)15-25(16-21(23)28)9-11-26(12-10-25)29-24(4,5)6/h13-14,17,22-23H,9-12,15-16H2,1-6H3. The first-order chi connectivity index (χ1) is 13.5. The predicted molar refractivity (Wildman–Crippen MR) is 121 cm³/mol. The molecule has 2 unspecified atom stereocenters. The lowest BCUT2D eigenvalue weighted by molar-refractivity contribution is -0.144. The van der Waals surface area contributed by atoms with Gasteiger partial charge in [0, 0.05) is 42.2 Å². The van der Waals surface area contributed by atoms with Crippen molar-refractivity contribution in [1.82, 2.24) is 4.31 Å². The SMILES string of the molecule is CC#CC1=CC(C)C(C2C(=O)CC3(CCN(SC(C)(C)C)CC3)CC2=O)C(C)=C1. The fourth-order valence-electron chi connectivity index (χ4n) is 5.37. The molecular formula is C25H35NO2S. The zero-order valence-corrected chi connectivity index (χ0v) is 19.6. The lowest BCUT2D eigenvalue weighted by atomic mass is 9.59. The zero-order valence-electron chi connectivity index (χ0n) is 18.8. The lowest BCUT2D eigenvalue weighted by Gasteiger charge is -2.46. The van der Waals surface area contributed by atoms with Gasteiger partial charge in [-0.15, -0.1) is 5.92 Å². The van der Waals surface area contributed by atoms with E-state index in [0.717, 1.165) is 37.1 Å². The molecule has 0 aromatic carbocycles. The fourth-order valence-corrected chi connectivity index (χ4v) is 6.51. The van der Waals surface area contributed by atoms with E-state index in [1.165, 1.54) is 0 Å². The van der Waals surface area contributed by atoms with E-state index in [1.54, 1.807) is 0 Å². The van der Waals surface area contributed by atoms with Crippen molar-refractivity contribution in [3.8, 4) is 11.8 Å². The molecule has 4 heteroatoms. The number of allylic oxidation sites excluding steroid dienone is 4. The lowest BCUT2D eigenvalue weighted by Crippen LogP contribution is -2.49. The molecule has 1 aliphatic heterocycles. The quantitative estimate of drug-likeness (QED) is 0.353. The Morgan fingerprint density at radius 2 is 1.72 bits per heavy atom. The van der Waals surface area contributed by atoms with Crippen LogP contribution in [0.2, 0.25) is 0 Å². The molecule has 1 saturated carbocycles. The number of rotatable bonds is 2. The van der Waals surface area contributed by atoms with Gasteiger partial charge in [0.05, 0.1) is 5.92 Å². The highest BCUT2D eigenvalue weighted by Crippen LogP contribution is 2.48. The largest absolute Gasteiger partial charge is 0.299 e. The Bertz CT molecular complexity index is 777. The Balaban J connectivity index is 1.70. The molecule has 3 rings (SSSR count). The summed E-state index contributed by atoms with van der Waals surface area (Å²) in [5, 5.41) is 0. The van der Waals surface area contributed by atoms with E-state index < -0.39 is 5.92 Å². The van der Waals surface area contributed by atoms with Crippen molar-refractivity contribution in [2.24, 2.45) is 23.2 Å². The minimum atomic E-state index is -0.471. The molecular weight excluding hydrogens is 378 g/mol. The van der Waals surface area contributed by atoms with Crippen LogP contribution in [0.25, 0.3) is 0 Å². The van der Waals surface area contributed by atoms with E-state index in [0.29, 0.717) is 12.8 Å². The van der Waals surface area contributed by atoms with Crippen molar-refractivity contribution < 1.29 is 9.59 Å². The molecule has 3 nitrogen and oxygen atoms in total. The van der Waals surface area contributed by atoms with Gasteiger partial charge in [-0.3, -0.25) is 13.9 Å². The Morgan fingerprint density at radius 1 is 1.14 bits per heavy atom. The van der Waals surface area contributed by atoms with E-state index in [1.807, 2.05) is 18.9 Å². The third-order valence-corrected chi connectivity index (χ3v) is 7.70. The van der Waals surface area contributed by atoms with Crippen LogP contribution in [-0.2, 0) is 9.59 Å². The van der Waals surface area contributed by atoms with Crippen LogP contribution >= 0.6 is 11.9 Å². The second-order valence-corrected chi connectivity index (χ2v) is 12.1. The summed E-state index contributed by atoms with van der Waals surface area (Å²) in [4.78, 5) is 26.5. The molecule has 1 spiro atoms. The molecule has 1 saturated heterocycles. The van der Waals surface area contributed by atoms with Gasteiger partial charge in [0.25, 0.3) is 0 Å². The summed E-state index contributed by atoms with van der Waals surface area (Å²) in [7, 11) is 0. The summed E-state index contributed by atoms with van der Waals surface area (Å²) in [6.07, 6.45) is 7.23. The second-order valence-electron chi connectivity index (χ2n) is 10.2. The van der Waals surface area contributed by atoms with Gasteiger partial charge in [-0.2, -0.15) is 0 Å². The molecule has 0 bridgehead atoms. The van der Waals surface area contributed by atoms with Crippen LogP contribution < -0.4 is 0 Å². The van der Waals surface area contributed by atoms with Crippen LogP contribution in [0.5, 0.6) is 0 Å². The summed E-state index contributed by atoms with van der Waals surface area (Å²) in [5.41, 5.74) is 2.02. The Morgan fingerprint density at radius 3 is 2.21 bits per heavy atom. The third-order valence-electron chi connectivity index (χ3n) is 6.52. The third kappa shape index (κ3) is 5.06. The number of carbonyl (C=O) groups is 2. The smallest absolute Gasteiger partial charge is 0.144 e. The highest BCUT2D eigenvalue weighted by Gasteiger charge is 2.50. The maximum absolute atomic E-state index is 13.3. The summed E-state index contributed by atoms with van der Waals surface area (Å²) < 4.78 is 2.62. The molecule has 3 aliphatic rings. The molecule has 0 amide bonds. The van der Waals surface area contributed by atoms with Gasteiger partial charge in [-0.1, -0.05) is 36.4 Å². The van der Waals surface area contributed by atoms with Crippen LogP contribution in [-0.4, -0.2) is 33.7 Å². The topological polar surface area (TPSA) is 37.4 Å². The van der Waals surface area contributed by atoms with Crippen LogP contribution in [0, 0.1) is 35.0 Å². The molecule has 0 aromatic heterocycles. The van der Waals surface area contributed by atoms with E-state index in [4.69, 9.17) is 0 Å². The Hall–Kier alpha value is -1.31. The van der Waals surface area contributed by atoms with Crippen LogP contribution in [0.3, 0.4) is 0 Å². The number of piperidine rings is 1. The normalized spacial score (nSPS) is 28.6. The van der Waals surface area contributed by atoms with Gasteiger partial charge in [0.1, 0.15) is 11.6 Å². The molecule has 2 atom stereocenters. The monoisotopic (exact) mass is 413 g/mol. The van der Waals surface area contributed by atoms with Crippen molar-refractivity contribution in [3.05, 3.63) is 23.3 Å². The van der Waals surface area contributed by atoms with Crippen LogP contribution in [0.15, 0.2) is 23.3 Å². The average molecular weight is 414 g/mol. The van der Waals surface area contributed by atoms with Crippen molar-refractivity contribution >= 4 is 23.5 Å². The van der Waals surface area contributed by atoms with Gasteiger partial charge in [0.2, 0.25) is 0 Å². The summed E-state index contributed by atoms with van der Waals surface area (Å²) in [6, 6.07) is 0. The molecule has 0 N–H and O–H groups in total. The average Bonchev–Trinajstić information content (AvgIpc) is 2.58. The molecule has 158 valence electrons. The van der Waals surface area contributed by atoms with Crippen LogP contribution in [0.4, 0.5) is 0 Å². The van der Waals surface area contributed by atoms with E-state index in [-0.39, 0.29) is 33.6 Å². The van der Waals surface area contributed by atoms with Crippen LogP contribution in [0.1, 0.15) is 67.2 Å². The fraction of sp³-hybridized carbons (Fsp3) is 0.680. The maximum Gasteiger partial charge on any atom is 0.144 e. The number of hydrogen-bond donors (Lipinski definition) is 0. The van der Waals surface area contributed by atoms with Crippen molar-refractivity contribution in [2.75, 3.05) is 13.1 Å². The minimum Gasteiger partial charge on any atom is -0.299 e. The first-order valence-corrected chi connectivity index (χ1v) is 11.6. The first kappa shape index (κ1) is 22.4. The summed E-state index contributed by atoms with van der Waals surface area (Å²) in [5.74, 6) is 6.08. The van der Waals surface area contributed by atoms with Gasteiger partial charge >= 0.3 is 0 Å². The Labute approximate surface area is 180 Å². The molecule has 0 radical (unpaired) electrons. The number of Topliss-reactive ketones (excluding diaryl/α,β-unsaturated/α-hetero) is 2. The van der Waals surface area contributed by atoms with E-state index in [2.05, 4.69) is 62.9 Å². The molecule has 0 aromatic rings. The van der Waals surface area contributed by atoms with E-state index >= 15 is 0 Å². The molecule has 29 heavy (non-hydrogen) atoms. The maximum atomic E-state index is 13.3. The first-order valence-electron chi connectivity index (χ1n) is 10.9. The minimum absolute atomic E-state index is 0.00806. The van der Waals surface area contributed by atoms with Crippen molar-refractivity contribution in [1.29, 1.82) is 0 Å². The van der Waals surface area contributed by atoms with Gasteiger partial charge < -0.3 is 0 Å². The second kappa shape index (κ2) is 8.44. The summed E-state index contributed by atoms with van der Waals surface area (Å²) in [6.45, 7) is 14.6. The van der Waals surface area contributed by atoms with Crippen molar-refractivity contribution in [2.45, 2.75) is 72.0 Å². The van der Waals surface area contributed by atoms with Gasteiger partial charge in [-0.05, 0) is 64.9 Å².